The van der Waals surface area contributed by atoms with E-state index < -0.39 is 0 Å². The van der Waals surface area contributed by atoms with Gasteiger partial charge in [0, 0.05) is 10.9 Å². The van der Waals surface area contributed by atoms with Crippen LogP contribution in [0.5, 0.6) is 5.88 Å². The van der Waals surface area contributed by atoms with E-state index in [9.17, 15) is 5.11 Å². The van der Waals surface area contributed by atoms with Crippen molar-refractivity contribution in [1.82, 2.24) is 4.98 Å². The molecule has 0 spiro atoms. The third-order valence-corrected chi connectivity index (χ3v) is 3.29. The van der Waals surface area contributed by atoms with Crippen molar-refractivity contribution in [2.45, 2.75) is 39.5 Å². The first-order valence-electron chi connectivity index (χ1n) is 6.31. The molecule has 0 aliphatic carbocycles. The maximum Gasteiger partial charge on any atom is 0.214 e. The van der Waals surface area contributed by atoms with Gasteiger partial charge in [-0.3, -0.25) is 0 Å². The van der Waals surface area contributed by atoms with Gasteiger partial charge in [0.15, 0.2) is 0 Å². The van der Waals surface area contributed by atoms with E-state index in [1.165, 1.54) is 18.4 Å². The van der Waals surface area contributed by atoms with E-state index in [4.69, 9.17) is 0 Å². The lowest BCUT2D eigenvalue weighted by molar-refractivity contribution is 0.446. The van der Waals surface area contributed by atoms with Crippen LogP contribution >= 0.6 is 0 Å². The lowest BCUT2D eigenvalue weighted by Gasteiger charge is -2.10. The third kappa shape index (κ3) is 2.41. The number of benzene rings is 1. The maximum absolute atomic E-state index is 9.98. The molecule has 2 aromatic rings. The van der Waals surface area contributed by atoms with Gasteiger partial charge >= 0.3 is 0 Å². The van der Waals surface area contributed by atoms with Gasteiger partial charge in [-0.15, -0.1) is 0 Å². The van der Waals surface area contributed by atoms with E-state index >= 15 is 0 Å². The van der Waals surface area contributed by atoms with Crippen LogP contribution in [0.15, 0.2) is 24.3 Å². The molecule has 2 nitrogen and oxygen atoms in total. The van der Waals surface area contributed by atoms with E-state index in [1.54, 1.807) is 0 Å². The van der Waals surface area contributed by atoms with Crippen LogP contribution in [-0.2, 0) is 6.42 Å². The molecule has 2 heteroatoms. The van der Waals surface area contributed by atoms with Crippen molar-refractivity contribution in [3.63, 3.8) is 0 Å². The maximum atomic E-state index is 9.98. The number of hydrogen-bond donors (Lipinski definition) is 1. The molecule has 1 aromatic heterocycles. The molecule has 0 saturated carbocycles. The summed E-state index contributed by atoms with van der Waals surface area (Å²) in [6.07, 6.45) is 4.43. The molecule has 0 aliphatic heterocycles. The van der Waals surface area contributed by atoms with Crippen LogP contribution in [-0.4, -0.2) is 10.1 Å². The average molecular weight is 229 g/mol. The van der Waals surface area contributed by atoms with Crippen molar-refractivity contribution in [3.05, 3.63) is 35.4 Å². The van der Waals surface area contributed by atoms with Gasteiger partial charge < -0.3 is 5.11 Å². The molecule has 1 N–H and O–H groups in total. The molecular formula is C15H19NO. The van der Waals surface area contributed by atoms with Crippen molar-refractivity contribution >= 4 is 10.9 Å². The van der Waals surface area contributed by atoms with Gasteiger partial charge in [-0.05, 0) is 31.4 Å². The second kappa shape index (κ2) is 5.17. The van der Waals surface area contributed by atoms with E-state index in [2.05, 4.69) is 24.9 Å². The van der Waals surface area contributed by atoms with Crippen molar-refractivity contribution in [2.75, 3.05) is 0 Å². The van der Waals surface area contributed by atoms with Gasteiger partial charge in [-0.25, -0.2) is 4.98 Å². The van der Waals surface area contributed by atoms with Crippen LogP contribution in [0.4, 0.5) is 0 Å². The first-order chi connectivity index (χ1) is 8.24. The Morgan fingerprint density at radius 2 is 1.94 bits per heavy atom. The van der Waals surface area contributed by atoms with E-state index in [-0.39, 0.29) is 5.88 Å². The summed E-state index contributed by atoms with van der Waals surface area (Å²) in [5.41, 5.74) is 3.06. The molecule has 0 saturated heterocycles. The summed E-state index contributed by atoms with van der Waals surface area (Å²) in [4.78, 5) is 4.27. The van der Waals surface area contributed by atoms with Gasteiger partial charge in [0.05, 0.1) is 5.52 Å². The molecule has 0 amide bonds. The molecule has 0 atom stereocenters. The monoisotopic (exact) mass is 229 g/mol. The second-order valence-corrected chi connectivity index (χ2v) is 4.51. The summed E-state index contributed by atoms with van der Waals surface area (Å²) in [7, 11) is 0. The van der Waals surface area contributed by atoms with Gasteiger partial charge in [-0.2, -0.15) is 0 Å². The van der Waals surface area contributed by atoms with E-state index in [1.807, 2.05) is 18.2 Å². The summed E-state index contributed by atoms with van der Waals surface area (Å²) in [5.74, 6) is 0.206. The number of hydrogen-bond acceptors (Lipinski definition) is 2. The summed E-state index contributed by atoms with van der Waals surface area (Å²) in [5, 5.41) is 11.1. The standard InChI is InChI=1S/C15H19NO/c1-3-4-5-9-13-11(2)12-8-6-7-10-14(12)16-15(13)17/h6-8,10H,3-5,9H2,1-2H3,(H,16,17). The van der Waals surface area contributed by atoms with Gasteiger partial charge in [0.2, 0.25) is 5.88 Å². The molecule has 1 aromatic carbocycles. The fourth-order valence-corrected chi connectivity index (χ4v) is 2.25. The Balaban J connectivity index is 2.41. The highest BCUT2D eigenvalue weighted by atomic mass is 16.3. The Hall–Kier alpha value is -1.57. The van der Waals surface area contributed by atoms with Crippen molar-refractivity contribution in [1.29, 1.82) is 0 Å². The number of aryl methyl sites for hydroxylation is 1. The summed E-state index contributed by atoms with van der Waals surface area (Å²) >= 11 is 0. The molecule has 2 rings (SSSR count). The second-order valence-electron chi connectivity index (χ2n) is 4.51. The molecule has 17 heavy (non-hydrogen) atoms. The van der Waals surface area contributed by atoms with Crippen LogP contribution in [0.3, 0.4) is 0 Å². The lowest BCUT2D eigenvalue weighted by Crippen LogP contribution is -1.95. The number of aromatic hydroxyl groups is 1. The first kappa shape index (κ1) is 11.9. The molecule has 0 aliphatic rings. The minimum Gasteiger partial charge on any atom is -0.493 e. The predicted molar refractivity (Wildman–Crippen MR) is 71.4 cm³/mol. The summed E-state index contributed by atoms with van der Waals surface area (Å²) in [6, 6.07) is 7.98. The van der Waals surface area contributed by atoms with Gasteiger partial charge in [0.1, 0.15) is 0 Å². The van der Waals surface area contributed by atoms with Crippen molar-refractivity contribution in [2.24, 2.45) is 0 Å². The molecule has 0 radical (unpaired) electrons. The Labute approximate surface area is 102 Å². The van der Waals surface area contributed by atoms with Gasteiger partial charge in [0.25, 0.3) is 0 Å². The van der Waals surface area contributed by atoms with E-state index in [0.29, 0.717) is 0 Å². The van der Waals surface area contributed by atoms with Crippen LogP contribution in [0, 0.1) is 6.92 Å². The Kier molecular flexibility index (Phi) is 3.62. The molecule has 1 heterocycles. The Morgan fingerprint density at radius 1 is 1.18 bits per heavy atom. The smallest absolute Gasteiger partial charge is 0.214 e. The first-order valence-corrected chi connectivity index (χ1v) is 6.31. The minimum atomic E-state index is 0.206. The van der Waals surface area contributed by atoms with Crippen LogP contribution in [0.2, 0.25) is 0 Å². The zero-order chi connectivity index (χ0) is 12.3. The number of pyridine rings is 1. The highest BCUT2D eigenvalue weighted by molar-refractivity contribution is 5.83. The SMILES string of the molecule is CCCCCc1c(O)nc2ccccc2c1C. The van der Waals surface area contributed by atoms with Gasteiger partial charge in [-0.1, -0.05) is 38.0 Å². The largest absolute Gasteiger partial charge is 0.493 e. The molecular weight excluding hydrogens is 210 g/mol. The minimum absolute atomic E-state index is 0.206. The highest BCUT2D eigenvalue weighted by Gasteiger charge is 2.10. The molecule has 0 fully saturated rings. The Bertz CT molecular complexity index is 520. The highest BCUT2D eigenvalue weighted by Crippen LogP contribution is 2.27. The third-order valence-electron chi connectivity index (χ3n) is 3.29. The number of rotatable bonds is 4. The van der Waals surface area contributed by atoms with Crippen molar-refractivity contribution < 1.29 is 5.11 Å². The lowest BCUT2D eigenvalue weighted by atomic mass is 10.00. The molecule has 0 bridgehead atoms. The number of unbranched alkanes of at least 4 members (excludes halogenated alkanes) is 2. The van der Waals surface area contributed by atoms with Crippen LogP contribution in [0.1, 0.15) is 37.3 Å². The molecule has 90 valence electrons. The Morgan fingerprint density at radius 3 is 2.71 bits per heavy atom. The van der Waals surface area contributed by atoms with Crippen LogP contribution in [0.25, 0.3) is 10.9 Å². The quantitative estimate of drug-likeness (QED) is 0.804. The zero-order valence-electron chi connectivity index (χ0n) is 10.5. The zero-order valence-corrected chi connectivity index (χ0v) is 10.5. The van der Waals surface area contributed by atoms with Crippen LogP contribution < -0.4 is 0 Å². The molecule has 0 unspecified atom stereocenters. The summed E-state index contributed by atoms with van der Waals surface area (Å²) in [6.45, 7) is 4.26. The fraction of sp³-hybridized carbons (Fsp3) is 0.400. The number of fused-ring (bicyclic) bond motifs is 1. The topological polar surface area (TPSA) is 33.1 Å². The van der Waals surface area contributed by atoms with Crippen molar-refractivity contribution in [3.8, 4) is 5.88 Å². The normalized spacial score (nSPS) is 10.9. The number of aromatic nitrogens is 1. The predicted octanol–water partition coefficient (Wildman–Crippen LogP) is 3.98. The average Bonchev–Trinajstić information content (AvgIpc) is 2.33. The summed E-state index contributed by atoms with van der Waals surface area (Å²) < 4.78 is 0. The fourth-order valence-electron chi connectivity index (χ4n) is 2.25. The number of para-hydroxylation sites is 1. The number of nitrogens with zero attached hydrogens (tertiary/aromatic N) is 1. The van der Waals surface area contributed by atoms with E-state index in [0.717, 1.165) is 29.3 Å².